The maximum Gasteiger partial charge on any atom is 0.329 e. The fraction of sp³-hybridized carbons (Fsp3) is 0.938. The first-order valence-corrected chi connectivity index (χ1v) is 16.8. The minimum absolute atomic E-state index is 0.00881. The van der Waals surface area contributed by atoms with Crippen LogP contribution in [0.2, 0.25) is 0 Å². The average Bonchev–Trinajstić information content (AvgIpc) is 3.06. The van der Waals surface area contributed by atoms with Crippen molar-refractivity contribution in [1.82, 2.24) is 0 Å². The summed E-state index contributed by atoms with van der Waals surface area (Å²) in [6.07, 6.45) is 3.81. The molecule has 0 radical (unpaired) electrons. The van der Waals surface area contributed by atoms with Crippen LogP contribution in [0.5, 0.6) is 0 Å². The Morgan fingerprint density at radius 1 is 0.447 bits per heavy atom. The standard InChI is InChI=1S/C32H62O15/c1-3-5-6-30(4-2)32(35)47-28-27-45-24-23-43-20-19-41-16-15-39-12-11-37-8-7-36-9-10-38-13-14-40-17-18-42-21-22-44-25-26-46-29-31(33)34/h30H,3-29H2,1-2H3,(H,33,34). The van der Waals surface area contributed by atoms with Gasteiger partial charge >= 0.3 is 11.9 Å². The van der Waals surface area contributed by atoms with Crippen LogP contribution in [0.25, 0.3) is 0 Å². The van der Waals surface area contributed by atoms with Gasteiger partial charge in [-0.2, -0.15) is 0 Å². The summed E-state index contributed by atoms with van der Waals surface area (Å²) in [6, 6.07) is 0. The summed E-state index contributed by atoms with van der Waals surface area (Å²) >= 11 is 0. The molecule has 0 aliphatic rings. The fourth-order valence-corrected chi connectivity index (χ4v) is 3.62. The molecule has 0 amide bonds. The first kappa shape index (κ1) is 45.5. The van der Waals surface area contributed by atoms with E-state index in [0.29, 0.717) is 132 Å². The summed E-state index contributed by atoms with van der Waals surface area (Å²) in [7, 11) is 0. The van der Waals surface area contributed by atoms with E-state index in [1.807, 2.05) is 6.92 Å². The lowest BCUT2D eigenvalue weighted by Gasteiger charge is -2.13. The Labute approximate surface area is 281 Å². The number of rotatable bonds is 40. The van der Waals surface area contributed by atoms with Crippen molar-refractivity contribution in [3.8, 4) is 0 Å². The monoisotopic (exact) mass is 686 g/mol. The highest BCUT2D eigenvalue weighted by molar-refractivity contribution is 5.72. The molecule has 1 unspecified atom stereocenters. The second kappa shape index (κ2) is 38.9. The molecule has 0 aromatic carbocycles. The van der Waals surface area contributed by atoms with Crippen LogP contribution in [-0.2, 0) is 66.4 Å². The summed E-state index contributed by atoms with van der Waals surface area (Å²) in [5.41, 5.74) is 0. The largest absolute Gasteiger partial charge is 0.480 e. The van der Waals surface area contributed by atoms with Gasteiger partial charge in [0.2, 0.25) is 0 Å². The van der Waals surface area contributed by atoms with E-state index in [4.69, 9.17) is 61.9 Å². The van der Waals surface area contributed by atoms with Crippen LogP contribution in [0.4, 0.5) is 0 Å². The van der Waals surface area contributed by atoms with E-state index in [-0.39, 0.29) is 31.7 Å². The van der Waals surface area contributed by atoms with Gasteiger partial charge in [0.15, 0.2) is 0 Å². The first-order chi connectivity index (χ1) is 23.1. The Balaban J connectivity index is 3.14. The Morgan fingerprint density at radius 2 is 0.723 bits per heavy atom. The first-order valence-electron chi connectivity index (χ1n) is 16.8. The third kappa shape index (κ3) is 37.2. The molecule has 0 heterocycles. The van der Waals surface area contributed by atoms with Gasteiger partial charge < -0.3 is 61.9 Å². The number of unbranched alkanes of at least 4 members (excludes halogenated alkanes) is 1. The number of esters is 1. The van der Waals surface area contributed by atoms with Gasteiger partial charge in [-0.1, -0.05) is 26.7 Å². The molecule has 0 saturated heterocycles. The molecule has 15 heteroatoms. The van der Waals surface area contributed by atoms with E-state index >= 15 is 0 Å². The second-order valence-electron chi connectivity index (χ2n) is 9.98. The van der Waals surface area contributed by atoms with Gasteiger partial charge in [0.1, 0.15) is 13.2 Å². The average molecular weight is 687 g/mol. The summed E-state index contributed by atoms with van der Waals surface area (Å²) < 4.78 is 64.4. The Morgan fingerprint density at radius 3 is 0.979 bits per heavy atom. The molecule has 0 saturated carbocycles. The second-order valence-corrected chi connectivity index (χ2v) is 9.98. The van der Waals surface area contributed by atoms with Crippen molar-refractivity contribution in [2.45, 2.75) is 39.5 Å². The molecular formula is C32H62O15. The van der Waals surface area contributed by atoms with Gasteiger partial charge in [0.25, 0.3) is 0 Å². The number of carbonyl (C=O) groups excluding carboxylic acids is 1. The number of hydrogen-bond donors (Lipinski definition) is 1. The van der Waals surface area contributed by atoms with Crippen molar-refractivity contribution in [3.05, 3.63) is 0 Å². The summed E-state index contributed by atoms with van der Waals surface area (Å²) in [4.78, 5) is 22.3. The van der Waals surface area contributed by atoms with Crippen LogP contribution >= 0.6 is 0 Å². The SMILES string of the molecule is CCCCC(CC)C(=O)OCCOCCOCCOCCOCCOCCOCCOCCOCCOCCOCCOCC(=O)O. The lowest BCUT2D eigenvalue weighted by molar-refractivity contribution is -0.150. The lowest BCUT2D eigenvalue weighted by Crippen LogP contribution is -2.20. The Kier molecular flexibility index (Phi) is 37.7. The van der Waals surface area contributed by atoms with E-state index in [9.17, 15) is 9.59 Å². The normalized spacial score (nSPS) is 12.0. The van der Waals surface area contributed by atoms with Crippen LogP contribution in [0.3, 0.4) is 0 Å². The van der Waals surface area contributed by atoms with E-state index in [1.165, 1.54) is 0 Å². The number of aliphatic carboxylic acids is 1. The number of hydrogen-bond acceptors (Lipinski definition) is 14. The minimum Gasteiger partial charge on any atom is -0.480 e. The molecule has 0 aromatic heterocycles. The maximum atomic E-state index is 12.0. The molecule has 0 bridgehead atoms. The van der Waals surface area contributed by atoms with Crippen molar-refractivity contribution >= 4 is 11.9 Å². The molecule has 0 fully saturated rings. The van der Waals surface area contributed by atoms with Crippen molar-refractivity contribution in [2.24, 2.45) is 5.92 Å². The van der Waals surface area contributed by atoms with E-state index in [0.717, 1.165) is 25.7 Å². The minimum atomic E-state index is -0.998. The highest BCUT2D eigenvalue weighted by Crippen LogP contribution is 2.14. The molecule has 1 N–H and O–H groups in total. The molecule has 0 aliphatic carbocycles. The fourth-order valence-electron chi connectivity index (χ4n) is 3.62. The van der Waals surface area contributed by atoms with Gasteiger partial charge in [0, 0.05) is 0 Å². The topological polar surface area (TPSA) is 165 Å². The molecule has 0 spiro atoms. The van der Waals surface area contributed by atoms with Gasteiger partial charge in [-0.15, -0.1) is 0 Å². The highest BCUT2D eigenvalue weighted by atomic mass is 16.6. The van der Waals surface area contributed by atoms with E-state index in [2.05, 4.69) is 6.92 Å². The highest BCUT2D eigenvalue weighted by Gasteiger charge is 2.16. The molecule has 1 atom stereocenters. The number of carboxylic acid groups (broad SMARTS) is 1. The predicted octanol–water partition coefficient (Wildman–Crippen LogP) is 2.01. The lowest BCUT2D eigenvalue weighted by atomic mass is 10.00. The van der Waals surface area contributed by atoms with E-state index < -0.39 is 5.97 Å². The summed E-state index contributed by atoms with van der Waals surface area (Å²) in [5, 5.41) is 8.42. The summed E-state index contributed by atoms with van der Waals surface area (Å²) in [5.74, 6) is -1.13. The zero-order chi connectivity index (χ0) is 34.3. The smallest absolute Gasteiger partial charge is 0.329 e. The molecule has 0 aromatic rings. The van der Waals surface area contributed by atoms with Gasteiger partial charge in [0.05, 0.1) is 145 Å². The van der Waals surface area contributed by atoms with Crippen LogP contribution in [0.15, 0.2) is 0 Å². The van der Waals surface area contributed by atoms with Crippen LogP contribution in [0, 0.1) is 5.92 Å². The zero-order valence-electron chi connectivity index (χ0n) is 28.8. The molecule has 47 heavy (non-hydrogen) atoms. The van der Waals surface area contributed by atoms with E-state index in [1.54, 1.807) is 0 Å². The van der Waals surface area contributed by atoms with Crippen LogP contribution in [0.1, 0.15) is 39.5 Å². The molecular weight excluding hydrogens is 624 g/mol. The maximum absolute atomic E-state index is 12.0. The van der Waals surface area contributed by atoms with Gasteiger partial charge in [-0.3, -0.25) is 4.79 Å². The number of carbonyl (C=O) groups is 2. The third-order valence-electron chi connectivity index (χ3n) is 6.15. The van der Waals surface area contributed by atoms with Crippen LogP contribution < -0.4 is 0 Å². The molecule has 0 rings (SSSR count). The van der Waals surface area contributed by atoms with Gasteiger partial charge in [-0.25, -0.2) is 4.79 Å². The Bertz CT molecular complexity index is 656. The predicted molar refractivity (Wildman–Crippen MR) is 171 cm³/mol. The summed E-state index contributed by atoms with van der Waals surface area (Å²) in [6.45, 7) is 13.4. The molecule has 280 valence electrons. The number of ether oxygens (including phenoxy) is 12. The van der Waals surface area contributed by atoms with Crippen molar-refractivity contribution in [2.75, 3.05) is 152 Å². The third-order valence-corrected chi connectivity index (χ3v) is 6.15. The van der Waals surface area contributed by atoms with Crippen molar-refractivity contribution < 1.29 is 71.5 Å². The molecule has 15 nitrogen and oxygen atoms in total. The zero-order valence-corrected chi connectivity index (χ0v) is 28.8. The van der Waals surface area contributed by atoms with Crippen LogP contribution in [-0.4, -0.2) is 169 Å². The van der Waals surface area contributed by atoms with Crippen molar-refractivity contribution in [1.29, 1.82) is 0 Å². The quantitative estimate of drug-likeness (QED) is 0.0735. The van der Waals surface area contributed by atoms with Crippen molar-refractivity contribution in [3.63, 3.8) is 0 Å². The number of carboxylic acids is 1. The molecule has 0 aliphatic heterocycles. The Hall–Kier alpha value is -1.50. The van der Waals surface area contributed by atoms with Gasteiger partial charge in [-0.05, 0) is 12.8 Å².